The van der Waals surface area contributed by atoms with E-state index in [4.69, 9.17) is 5.11 Å². The number of hydrogen-bond donors (Lipinski definition) is 2. The normalized spacial score (nSPS) is 23.0. The molecule has 2 amide bonds. The number of aromatic nitrogens is 1. The minimum Gasteiger partial charge on any atom is -0.480 e. The first kappa shape index (κ1) is 15.0. The first-order valence-corrected chi connectivity index (χ1v) is 6.60. The number of likely N-dealkylation sites (tertiary alicyclic amines) is 1. The van der Waals surface area contributed by atoms with Crippen LogP contribution in [-0.2, 0) is 14.4 Å². The quantitative estimate of drug-likeness (QED) is 0.825. The summed E-state index contributed by atoms with van der Waals surface area (Å²) >= 11 is 0. The number of nitrogens with zero attached hydrogens (tertiary/aromatic N) is 2. The molecule has 2 N–H and O–H groups in total. The monoisotopic (exact) mass is 291 g/mol. The Morgan fingerprint density at radius 2 is 2.24 bits per heavy atom. The summed E-state index contributed by atoms with van der Waals surface area (Å²) in [4.78, 5) is 40.5. The fraction of sp³-hybridized carbons (Fsp3) is 0.429. The Morgan fingerprint density at radius 3 is 2.81 bits per heavy atom. The lowest BCUT2D eigenvalue weighted by molar-refractivity contribution is -0.142. The van der Waals surface area contributed by atoms with Crippen molar-refractivity contribution in [2.75, 3.05) is 7.05 Å². The van der Waals surface area contributed by atoms with Crippen LogP contribution in [-0.4, -0.2) is 45.9 Å². The number of pyridine rings is 1. The zero-order chi connectivity index (χ0) is 15.6. The summed E-state index contributed by atoms with van der Waals surface area (Å²) in [7, 11) is 1.63. The SMILES string of the molecule is CC(NC(=O)C1CC(=O)N(C)C1c1cccnc1)C(=O)O. The first-order chi connectivity index (χ1) is 9.91. The molecule has 1 aliphatic rings. The van der Waals surface area contributed by atoms with E-state index in [1.165, 1.54) is 11.8 Å². The number of amides is 2. The largest absolute Gasteiger partial charge is 0.480 e. The van der Waals surface area contributed by atoms with Crippen LogP contribution in [0.3, 0.4) is 0 Å². The molecule has 7 heteroatoms. The van der Waals surface area contributed by atoms with E-state index in [2.05, 4.69) is 10.3 Å². The number of nitrogens with one attached hydrogen (secondary N) is 1. The van der Waals surface area contributed by atoms with Crippen molar-refractivity contribution >= 4 is 17.8 Å². The van der Waals surface area contributed by atoms with Gasteiger partial charge in [0.1, 0.15) is 6.04 Å². The molecule has 1 aromatic heterocycles. The van der Waals surface area contributed by atoms with Gasteiger partial charge in [-0.1, -0.05) is 6.07 Å². The third-order valence-electron chi connectivity index (χ3n) is 3.68. The van der Waals surface area contributed by atoms with Crippen LogP contribution >= 0.6 is 0 Å². The molecular formula is C14H17N3O4. The van der Waals surface area contributed by atoms with Gasteiger partial charge in [0.2, 0.25) is 11.8 Å². The summed E-state index contributed by atoms with van der Waals surface area (Å²) in [5, 5.41) is 11.3. The third kappa shape index (κ3) is 3.01. The average Bonchev–Trinajstić information content (AvgIpc) is 2.76. The molecule has 0 spiro atoms. The molecule has 2 rings (SSSR count). The highest BCUT2D eigenvalue weighted by atomic mass is 16.4. The number of aliphatic carboxylic acids is 1. The Hall–Kier alpha value is -2.44. The van der Waals surface area contributed by atoms with Crippen LogP contribution in [0.5, 0.6) is 0 Å². The molecule has 1 aliphatic heterocycles. The van der Waals surface area contributed by atoms with Crippen LogP contribution in [0.25, 0.3) is 0 Å². The summed E-state index contributed by atoms with van der Waals surface area (Å²) in [5.74, 6) is -2.31. The molecule has 0 radical (unpaired) electrons. The lowest BCUT2D eigenvalue weighted by atomic mass is 9.93. The van der Waals surface area contributed by atoms with Crippen molar-refractivity contribution in [2.45, 2.75) is 25.4 Å². The number of carbonyl (C=O) groups is 3. The molecule has 2 heterocycles. The summed E-state index contributed by atoms with van der Waals surface area (Å²) in [5.41, 5.74) is 0.758. The number of carboxylic acid groups (broad SMARTS) is 1. The van der Waals surface area contributed by atoms with Crippen molar-refractivity contribution in [3.05, 3.63) is 30.1 Å². The Morgan fingerprint density at radius 1 is 1.52 bits per heavy atom. The van der Waals surface area contributed by atoms with Crippen molar-refractivity contribution in [1.29, 1.82) is 0 Å². The van der Waals surface area contributed by atoms with Crippen LogP contribution < -0.4 is 5.32 Å². The molecule has 3 unspecified atom stereocenters. The van der Waals surface area contributed by atoms with Gasteiger partial charge in [-0.25, -0.2) is 0 Å². The minimum atomic E-state index is -1.11. The molecule has 3 atom stereocenters. The van der Waals surface area contributed by atoms with Crippen molar-refractivity contribution < 1.29 is 19.5 Å². The topological polar surface area (TPSA) is 99.6 Å². The molecule has 112 valence electrons. The molecule has 0 bridgehead atoms. The van der Waals surface area contributed by atoms with Crippen molar-refractivity contribution in [1.82, 2.24) is 15.2 Å². The first-order valence-electron chi connectivity index (χ1n) is 6.60. The Balaban J connectivity index is 2.23. The van der Waals surface area contributed by atoms with Gasteiger partial charge < -0.3 is 15.3 Å². The van der Waals surface area contributed by atoms with Gasteiger partial charge in [-0.3, -0.25) is 19.4 Å². The minimum absolute atomic E-state index is 0.0637. The predicted octanol–water partition coefficient (Wildman–Crippen LogP) is 0.190. The van der Waals surface area contributed by atoms with Gasteiger partial charge >= 0.3 is 5.97 Å². The van der Waals surface area contributed by atoms with Crippen LogP contribution in [0.2, 0.25) is 0 Å². The fourth-order valence-corrected chi connectivity index (χ4v) is 2.49. The smallest absolute Gasteiger partial charge is 0.325 e. The highest BCUT2D eigenvalue weighted by Gasteiger charge is 2.43. The second-order valence-electron chi connectivity index (χ2n) is 5.11. The molecular weight excluding hydrogens is 274 g/mol. The molecule has 0 aromatic carbocycles. The van der Waals surface area contributed by atoms with Gasteiger partial charge in [0.25, 0.3) is 0 Å². The van der Waals surface area contributed by atoms with Gasteiger partial charge in [0.05, 0.1) is 12.0 Å². The summed E-state index contributed by atoms with van der Waals surface area (Å²) in [6, 6.07) is 2.12. The zero-order valence-electron chi connectivity index (χ0n) is 11.8. The van der Waals surface area contributed by atoms with Crippen LogP contribution in [0.15, 0.2) is 24.5 Å². The molecule has 1 saturated heterocycles. The Bertz CT molecular complexity index is 561. The predicted molar refractivity (Wildman–Crippen MR) is 73.1 cm³/mol. The molecule has 21 heavy (non-hydrogen) atoms. The average molecular weight is 291 g/mol. The Kier molecular flexibility index (Phi) is 4.21. The van der Waals surface area contributed by atoms with E-state index in [9.17, 15) is 14.4 Å². The molecule has 7 nitrogen and oxygen atoms in total. The van der Waals surface area contributed by atoms with Crippen molar-refractivity contribution in [2.24, 2.45) is 5.92 Å². The Labute approximate surface area is 122 Å². The van der Waals surface area contributed by atoms with Gasteiger partial charge in [-0.2, -0.15) is 0 Å². The molecule has 1 fully saturated rings. The van der Waals surface area contributed by atoms with Crippen LogP contribution in [0.4, 0.5) is 0 Å². The maximum absolute atomic E-state index is 12.3. The number of carboxylic acids is 1. The number of rotatable bonds is 4. The van der Waals surface area contributed by atoms with Gasteiger partial charge in [-0.05, 0) is 18.6 Å². The molecule has 0 saturated carbocycles. The van der Waals surface area contributed by atoms with Crippen molar-refractivity contribution in [3.63, 3.8) is 0 Å². The van der Waals surface area contributed by atoms with E-state index in [-0.39, 0.29) is 12.3 Å². The lowest BCUT2D eigenvalue weighted by Crippen LogP contribution is -2.43. The number of carbonyl (C=O) groups excluding carboxylic acids is 2. The third-order valence-corrected chi connectivity index (χ3v) is 3.68. The van der Waals surface area contributed by atoms with E-state index in [0.29, 0.717) is 0 Å². The maximum Gasteiger partial charge on any atom is 0.325 e. The second kappa shape index (κ2) is 5.90. The lowest BCUT2D eigenvalue weighted by Gasteiger charge is -2.25. The molecule has 0 aliphatic carbocycles. The van der Waals surface area contributed by atoms with Crippen molar-refractivity contribution in [3.8, 4) is 0 Å². The van der Waals surface area contributed by atoms with E-state index in [0.717, 1.165) is 5.56 Å². The highest BCUT2D eigenvalue weighted by molar-refractivity contribution is 5.92. The maximum atomic E-state index is 12.3. The van der Waals surface area contributed by atoms with Gasteiger partial charge in [-0.15, -0.1) is 0 Å². The van der Waals surface area contributed by atoms with Gasteiger partial charge in [0.15, 0.2) is 0 Å². The fourth-order valence-electron chi connectivity index (χ4n) is 2.49. The van der Waals surface area contributed by atoms with Crippen LogP contribution in [0, 0.1) is 5.92 Å². The van der Waals surface area contributed by atoms with Gasteiger partial charge in [0, 0.05) is 25.9 Å². The summed E-state index contributed by atoms with van der Waals surface area (Å²) < 4.78 is 0. The van der Waals surface area contributed by atoms with E-state index in [1.807, 2.05) is 0 Å². The molecule has 1 aromatic rings. The van der Waals surface area contributed by atoms with Crippen LogP contribution in [0.1, 0.15) is 24.9 Å². The summed E-state index contributed by atoms with van der Waals surface area (Å²) in [6.45, 7) is 1.39. The summed E-state index contributed by atoms with van der Waals surface area (Å²) in [6.07, 6.45) is 3.29. The van der Waals surface area contributed by atoms with E-state index >= 15 is 0 Å². The zero-order valence-corrected chi connectivity index (χ0v) is 11.8. The number of hydrogen-bond acceptors (Lipinski definition) is 4. The highest BCUT2D eigenvalue weighted by Crippen LogP contribution is 2.36. The van der Waals surface area contributed by atoms with E-state index < -0.39 is 29.9 Å². The van der Waals surface area contributed by atoms with E-state index in [1.54, 1.807) is 31.6 Å². The second-order valence-corrected chi connectivity index (χ2v) is 5.11. The standard InChI is InChI=1S/C14H17N3O4/c1-8(14(20)21)16-13(19)10-6-11(18)17(2)12(10)9-4-3-5-15-7-9/h3-5,7-8,10,12H,6H2,1-2H3,(H,16,19)(H,20,21).